The lowest BCUT2D eigenvalue weighted by molar-refractivity contribution is -0.119. The van der Waals surface area contributed by atoms with Gasteiger partial charge in [0.2, 0.25) is 0 Å². The molecule has 0 bridgehead atoms. The van der Waals surface area contributed by atoms with Gasteiger partial charge in [-0.2, -0.15) is 0 Å². The first-order valence-corrected chi connectivity index (χ1v) is 4.02. The molecule has 2 heteroatoms. The molecule has 0 heterocycles. The Morgan fingerprint density at radius 2 is 2.00 bits per heavy atom. The van der Waals surface area contributed by atoms with E-state index < -0.39 is 0 Å². The van der Waals surface area contributed by atoms with E-state index in [2.05, 4.69) is 0 Å². The topological polar surface area (TPSA) is 43.1 Å². The summed E-state index contributed by atoms with van der Waals surface area (Å²) in [4.78, 5) is 11.2. The highest BCUT2D eigenvalue weighted by molar-refractivity contribution is 5.85. The van der Waals surface area contributed by atoms with E-state index in [0.717, 1.165) is 5.56 Å². The Hall–Kier alpha value is -1.15. The number of carbonyl (C=O) groups excluding carboxylic acids is 1. The summed E-state index contributed by atoms with van der Waals surface area (Å²) in [6, 6.07) is 9.28. The lowest BCUT2D eigenvalue weighted by Crippen LogP contribution is -2.27. The monoisotopic (exact) mass is 163 g/mol. The minimum absolute atomic E-state index is 0.0844. The molecule has 12 heavy (non-hydrogen) atoms. The molecule has 64 valence electrons. The van der Waals surface area contributed by atoms with Gasteiger partial charge in [-0.3, -0.25) is 4.79 Å². The van der Waals surface area contributed by atoms with Gasteiger partial charge in [0.1, 0.15) is 0 Å². The third-order valence-corrected chi connectivity index (χ3v) is 1.73. The van der Waals surface area contributed by atoms with Crippen molar-refractivity contribution in [3.63, 3.8) is 0 Å². The van der Waals surface area contributed by atoms with Gasteiger partial charge in [-0.05, 0) is 12.5 Å². The molecule has 0 aliphatic rings. The van der Waals surface area contributed by atoms with Crippen LogP contribution in [-0.4, -0.2) is 11.8 Å². The predicted molar refractivity (Wildman–Crippen MR) is 48.8 cm³/mol. The summed E-state index contributed by atoms with van der Waals surface area (Å²) in [5.41, 5.74) is 6.46. The lowest BCUT2D eigenvalue weighted by Gasteiger charge is -2.03. The standard InChI is InChI=1S/C10H13NO/c1-8(11)10(12)7-9-5-3-2-4-6-9/h2-6,8H,7,11H2,1H3/t8-/m0/s1. The first-order chi connectivity index (χ1) is 5.70. The van der Waals surface area contributed by atoms with Gasteiger partial charge in [0, 0.05) is 6.42 Å². The van der Waals surface area contributed by atoms with Crippen molar-refractivity contribution >= 4 is 5.78 Å². The van der Waals surface area contributed by atoms with Gasteiger partial charge in [0.25, 0.3) is 0 Å². The molecule has 0 saturated heterocycles. The normalized spacial score (nSPS) is 12.5. The maximum absolute atomic E-state index is 11.2. The minimum atomic E-state index is -0.356. The van der Waals surface area contributed by atoms with Crippen LogP contribution in [0.5, 0.6) is 0 Å². The second kappa shape index (κ2) is 4.02. The summed E-state index contributed by atoms with van der Waals surface area (Å²) < 4.78 is 0. The van der Waals surface area contributed by atoms with Gasteiger partial charge in [0.05, 0.1) is 6.04 Å². The second-order valence-corrected chi connectivity index (χ2v) is 2.92. The molecule has 0 amide bonds. The summed E-state index contributed by atoms with van der Waals surface area (Å²) in [5, 5.41) is 0. The van der Waals surface area contributed by atoms with Crippen LogP contribution in [0.2, 0.25) is 0 Å². The fourth-order valence-corrected chi connectivity index (χ4v) is 0.958. The van der Waals surface area contributed by atoms with Crippen LogP contribution in [0.15, 0.2) is 30.3 Å². The number of benzene rings is 1. The summed E-state index contributed by atoms with van der Waals surface area (Å²) in [6.07, 6.45) is 0.443. The smallest absolute Gasteiger partial charge is 0.153 e. The molecule has 0 aliphatic heterocycles. The number of Topliss-reactive ketones (excluding diaryl/α,β-unsaturated/α-hetero) is 1. The van der Waals surface area contributed by atoms with E-state index >= 15 is 0 Å². The molecule has 1 rings (SSSR count). The van der Waals surface area contributed by atoms with Crippen LogP contribution in [-0.2, 0) is 11.2 Å². The highest BCUT2D eigenvalue weighted by atomic mass is 16.1. The summed E-state index contributed by atoms with van der Waals surface area (Å²) in [7, 11) is 0. The van der Waals surface area contributed by atoms with Crippen molar-refractivity contribution in [2.75, 3.05) is 0 Å². The van der Waals surface area contributed by atoms with Crippen LogP contribution in [0.4, 0.5) is 0 Å². The van der Waals surface area contributed by atoms with E-state index in [1.165, 1.54) is 0 Å². The highest BCUT2D eigenvalue weighted by Gasteiger charge is 2.07. The van der Waals surface area contributed by atoms with Gasteiger partial charge in [0.15, 0.2) is 5.78 Å². The molecule has 0 aliphatic carbocycles. The summed E-state index contributed by atoms with van der Waals surface area (Å²) in [6.45, 7) is 1.71. The molecule has 0 spiro atoms. The first kappa shape index (κ1) is 8.94. The SMILES string of the molecule is C[C@H](N)C(=O)Cc1ccccc1. The Morgan fingerprint density at radius 3 is 2.50 bits per heavy atom. The van der Waals surface area contributed by atoms with Crippen LogP contribution < -0.4 is 5.73 Å². The van der Waals surface area contributed by atoms with Gasteiger partial charge in [-0.25, -0.2) is 0 Å². The maximum Gasteiger partial charge on any atom is 0.153 e. The molecule has 1 aromatic carbocycles. The quantitative estimate of drug-likeness (QED) is 0.726. The van der Waals surface area contributed by atoms with Crippen LogP contribution in [0, 0.1) is 0 Å². The number of ketones is 1. The van der Waals surface area contributed by atoms with E-state index in [1.54, 1.807) is 6.92 Å². The molecule has 1 atom stereocenters. The zero-order chi connectivity index (χ0) is 8.97. The average Bonchev–Trinajstić information content (AvgIpc) is 2.06. The Bertz CT molecular complexity index is 254. The van der Waals surface area contributed by atoms with Crippen molar-refractivity contribution in [3.05, 3.63) is 35.9 Å². The van der Waals surface area contributed by atoms with Crippen molar-refractivity contribution in [2.24, 2.45) is 5.73 Å². The highest BCUT2D eigenvalue weighted by Crippen LogP contribution is 2.00. The van der Waals surface area contributed by atoms with Gasteiger partial charge < -0.3 is 5.73 Å². The van der Waals surface area contributed by atoms with E-state index in [1.807, 2.05) is 30.3 Å². The van der Waals surface area contributed by atoms with E-state index in [4.69, 9.17) is 5.73 Å². The first-order valence-electron chi connectivity index (χ1n) is 4.02. The molecule has 1 aromatic rings. The van der Waals surface area contributed by atoms with Gasteiger partial charge in [-0.15, -0.1) is 0 Å². The van der Waals surface area contributed by atoms with E-state index in [9.17, 15) is 4.79 Å². The zero-order valence-corrected chi connectivity index (χ0v) is 7.16. The van der Waals surface area contributed by atoms with E-state index in [-0.39, 0.29) is 11.8 Å². The summed E-state index contributed by atoms with van der Waals surface area (Å²) >= 11 is 0. The molecular weight excluding hydrogens is 150 g/mol. The van der Waals surface area contributed by atoms with Crippen molar-refractivity contribution in [1.82, 2.24) is 0 Å². The minimum Gasteiger partial charge on any atom is -0.322 e. The lowest BCUT2D eigenvalue weighted by atomic mass is 10.1. The number of hydrogen-bond acceptors (Lipinski definition) is 2. The largest absolute Gasteiger partial charge is 0.322 e. The van der Waals surface area contributed by atoms with Crippen LogP contribution in [0.1, 0.15) is 12.5 Å². The van der Waals surface area contributed by atoms with Crippen molar-refractivity contribution in [3.8, 4) is 0 Å². The molecule has 0 radical (unpaired) electrons. The Labute approximate surface area is 72.4 Å². The fourth-order valence-electron chi connectivity index (χ4n) is 0.958. The third kappa shape index (κ3) is 2.47. The Kier molecular flexibility index (Phi) is 3.00. The summed E-state index contributed by atoms with van der Waals surface area (Å²) in [5.74, 6) is 0.0844. The Morgan fingerprint density at radius 1 is 1.42 bits per heavy atom. The third-order valence-electron chi connectivity index (χ3n) is 1.73. The number of hydrogen-bond donors (Lipinski definition) is 1. The van der Waals surface area contributed by atoms with Crippen LogP contribution in [0.3, 0.4) is 0 Å². The van der Waals surface area contributed by atoms with Gasteiger partial charge in [-0.1, -0.05) is 30.3 Å². The molecule has 0 aromatic heterocycles. The Balaban J connectivity index is 2.59. The second-order valence-electron chi connectivity index (χ2n) is 2.92. The molecule has 2 N–H and O–H groups in total. The number of carbonyl (C=O) groups is 1. The van der Waals surface area contributed by atoms with Crippen LogP contribution >= 0.6 is 0 Å². The number of nitrogens with two attached hydrogens (primary N) is 1. The average molecular weight is 163 g/mol. The van der Waals surface area contributed by atoms with Crippen LogP contribution in [0.25, 0.3) is 0 Å². The van der Waals surface area contributed by atoms with Crippen molar-refractivity contribution < 1.29 is 4.79 Å². The van der Waals surface area contributed by atoms with Crippen molar-refractivity contribution in [2.45, 2.75) is 19.4 Å². The van der Waals surface area contributed by atoms with Gasteiger partial charge >= 0.3 is 0 Å². The molecule has 0 unspecified atom stereocenters. The van der Waals surface area contributed by atoms with Crippen molar-refractivity contribution in [1.29, 1.82) is 0 Å². The molecule has 0 saturated carbocycles. The predicted octanol–water partition coefficient (Wildman–Crippen LogP) is 1.15. The zero-order valence-electron chi connectivity index (χ0n) is 7.16. The maximum atomic E-state index is 11.2. The molecule has 0 fully saturated rings. The fraction of sp³-hybridized carbons (Fsp3) is 0.300. The molecular formula is C10H13NO. The molecule has 2 nitrogen and oxygen atoms in total. The van der Waals surface area contributed by atoms with E-state index in [0.29, 0.717) is 6.42 Å². The number of rotatable bonds is 3.